The van der Waals surface area contributed by atoms with Crippen molar-refractivity contribution in [1.29, 1.82) is 5.41 Å². The molecule has 1 saturated heterocycles. The van der Waals surface area contributed by atoms with Crippen LogP contribution in [0.2, 0.25) is 0 Å². The van der Waals surface area contributed by atoms with Crippen LogP contribution in [0, 0.1) is 5.41 Å². The first-order valence-electron chi connectivity index (χ1n) is 11.8. The van der Waals surface area contributed by atoms with Crippen LogP contribution in [-0.4, -0.2) is 63.1 Å². The number of hydrogen-bond acceptors (Lipinski definition) is 5. The summed E-state index contributed by atoms with van der Waals surface area (Å²) in [5, 5.41) is 13.3. The molecule has 2 aromatic carbocycles. The maximum atomic E-state index is 14.5. The van der Waals surface area contributed by atoms with Crippen LogP contribution in [0.15, 0.2) is 58.1 Å². The Kier molecular flexibility index (Phi) is 4.18. The monoisotopic (exact) mass is 558 g/mol. The molecule has 0 bridgehead atoms. The van der Waals surface area contributed by atoms with Crippen LogP contribution < -0.4 is 11.1 Å². The SMILES string of the molecule is CN1C(=N)N(C)[C@]2(C1=O)c1[nH]c3cc(Br)ccc3c1C[C@@]1(N=C(N)NC1=O)[C@H]2c1c[nH]c2ccccc12. The van der Waals surface area contributed by atoms with E-state index in [1.54, 1.807) is 19.0 Å². The van der Waals surface area contributed by atoms with Gasteiger partial charge in [-0.3, -0.25) is 25.2 Å². The first-order valence-corrected chi connectivity index (χ1v) is 12.6. The van der Waals surface area contributed by atoms with Gasteiger partial charge in [0.2, 0.25) is 5.96 Å². The number of aromatic amines is 2. The predicted octanol–water partition coefficient (Wildman–Crippen LogP) is 2.47. The Hall–Kier alpha value is -4.12. The highest BCUT2D eigenvalue weighted by Crippen LogP contribution is 2.59. The third kappa shape index (κ3) is 2.49. The number of halogens is 1. The van der Waals surface area contributed by atoms with Crippen LogP contribution in [0.3, 0.4) is 0 Å². The van der Waals surface area contributed by atoms with Gasteiger partial charge >= 0.3 is 0 Å². The molecule has 2 spiro atoms. The summed E-state index contributed by atoms with van der Waals surface area (Å²) in [6, 6.07) is 13.6. The molecule has 0 saturated carbocycles. The normalized spacial score (nSPS) is 27.2. The zero-order valence-electron chi connectivity index (χ0n) is 20.0. The molecule has 11 heteroatoms. The van der Waals surface area contributed by atoms with Gasteiger partial charge in [-0.1, -0.05) is 40.2 Å². The largest absolute Gasteiger partial charge is 0.370 e. The molecule has 3 aliphatic rings. The number of likely N-dealkylation sites (N-methyl/N-ethyl adjacent to an activating group) is 2. The topological polar surface area (TPSA) is 146 Å². The quantitative estimate of drug-likeness (QED) is 0.244. The van der Waals surface area contributed by atoms with Crippen LogP contribution in [0.4, 0.5) is 0 Å². The molecule has 7 rings (SSSR count). The van der Waals surface area contributed by atoms with Crippen LogP contribution in [0.5, 0.6) is 0 Å². The number of aromatic nitrogens is 2. The molecule has 10 nitrogen and oxygen atoms in total. The van der Waals surface area contributed by atoms with Gasteiger partial charge < -0.3 is 20.6 Å². The number of benzene rings is 2. The van der Waals surface area contributed by atoms with E-state index in [4.69, 9.17) is 16.1 Å². The summed E-state index contributed by atoms with van der Waals surface area (Å²) < 4.78 is 0.882. The molecule has 2 aromatic heterocycles. The third-order valence-electron chi connectivity index (χ3n) is 8.27. The van der Waals surface area contributed by atoms with Gasteiger partial charge in [0.15, 0.2) is 17.0 Å². The number of hydrogen-bond donors (Lipinski definition) is 5. The smallest absolute Gasteiger partial charge is 0.261 e. The van der Waals surface area contributed by atoms with Crippen molar-refractivity contribution in [2.45, 2.75) is 23.4 Å². The minimum Gasteiger partial charge on any atom is -0.370 e. The number of guanidine groups is 2. The van der Waals surface area contributed by atoms with Gasteiger partial charge in [0.25, 0.3) is 11.8 Å². The molecule has 6 N–H and O–H groups in total. The number of nitrogens with two attached hydrogens (primary N) is 1. The number of nitrogens with zero attached hydrogens (tertiary/aromatic N) is 3. The van der Waals surface area contributed by atoms with E-state index in [1.807, 2.05) is 48.7 Å². The maximum Gasteiger partial charge on any atom is 0.261 e. The molecule has 1 fully saturated rings. The number of H-pyrrole nitrogens is 2. The summed E-state index contributed by atoms with van der Waals surface area (Å²) in [5.74, 6) is -1.42. The summed E-state index contributed by atoms with van der Waals surface area (Å²) in [4.78, 5) is 43.0. The molecule has 3 atom stereocenters. The summed E-state index contributed by atoms with van der Waals surface area (Å²) in [7, 11) is 3.32. The van der Waals surface area contributed by atoms with Gasteiger partial charge in [-0.15, -0.1) is 0 Å². The lowest BCUT2D eigenvalue weighted by molar-refractivity contribution is -0.137. The Morgan fingerprint density at radius 2 is 1.92 bits per heavy atom. The molecular weight excluding hydrogens is 536 g/mol. The van der Waals surface area contributed by atoms with E-state index in [9.17, 15) is 9.59 Å². The lowest BCUT2D eigenvalue weighted by Crippen LogP contribution is -2.63. The van der Waals surface area contributed by atoms with Crippen molar-refractivity contribution in [1.82, 2.24) is 25.1 Å². The van der Waals surface area contributed by atoms with E-state index < -0.39 is 17.0 Å². The highest BCUT2D eigenvalue weighted by molar-refractivity contribution is 9.10. The number of rotatable bonds is 1. The number of nitrogens with one attached hydrogen (secondary N) is 4. The van der Waals surface area contributed by atoms with E-state index in [1.165, 1.54) is 4.90 Å². The van der Waals surface area contributed by atoms with Gasteiger partial charge in [-0.25, -0.2) is 4.99 Å². The minimum absolute atomic E-state index is 0.0209. The number of carbonyl (C=O) groups excluding carboxylic acids is 2. The Morgan fingerprint density at radius 3 is 2.62 bits per heavy atom. The van der Waals surface area contributed by atoms with Crippen LogP contribution >= 0.6 is 15.9 Å². The van der Waals surface area contributed by atoms with Crippen LogP contribution in [0.1, 0.15) is 22.7 Å². The minimum atomic E-state index is -1.46. The van der Waals surface area contributed by atoms with Crippen molar-refractivity contribution in [2.24, 2.45) is 10.7 Å². The number of carbonyl (C=O) groups is 2. The molecule has 4 aromatic rings. The van der Waals surface area contributed by atoms with Gasteiger partial charge in [0, 0.05) is 53.0 Å². The fraction of sp³-hybridized carbons (Fsp3) is 0.231. The van der Waals surface area contributed by atoms with Gasteiger partial charge in [-0.05, 0) is 29.3 Å². The molecule has 0 radical (unpaired) electrons. The van der Waals surface area contributed by atoms with E-state index in [0.717, 1.165) is 37.4 Å². The van der Waals surface area contributed by atoms with Crippen molar-refractivity contribution >= 4 is 61.5 Å². The van der Waals surface area contributed by atoms with Crippen molar-refractivity contribution < 1.29 is 9.59 Å². The van der Waals surface area contributed by atoms with Gasteiger partial charge in [0.1, 0.15) is 0 Å². The first kappa shape index (κ1) is 22.1. The molecule has 37 heavy (non-hydrogen) atoms. The maximum absolute atomic E-state index is 14.5. The Morgan fingerprint density at radius 1 is 1.14 bits per heavy atom. The van der Waals surface area contributed by atoms with Crippen molar-refractivity contribution in [2.75, 3.05) is 14.1 Å². The molecule has 2 aliphatic heterocycles. The second-order valence-corrected chi connectivity index (χ2v) is 10.9. The highest BCUT2D eigenvalue weighted by Gasteiger charge is 2.71. The summed E-state index contributed by atoms with van der Waals surface area (Å²) in [6.07, 6.45) is 2.09. The number of para-hydroxylation sites is 1. The summed E-state index contributed by atoms with van der Waals surface area (Å²) >= 11 is 3.54. The number of amides is 2. The van der Waals surface area contributed by atoms with Crippen LogP contribution in [0.25, 0.3) is 21.8 Å². The molecule has 4 heterocycles. The second kappa shape index (κ2) is 7.00. The Bertz CT molecular complexity index is 1740. The molecule has 186 valence electrons. The fourth-order valence-electron chi connectivity index (χ4n) is 6.73. The standard InChI is InChI=1S/C26H23BrN8O2/c1-34-22(37)26(35(2)24(34)29)19(16-11-30-17-6-4-3-5-13(16)17)25(21(36)32-23(28)33-25)10-15-14-8-7-12(27)9-18(14)31-20(15)26/h3-9,11,19,29-31H,10H2,1-2H3,(H3,28,32,33,36)/t19-,25-,26+/m1/s1. The number of aliphatic imine (C=N–C) groups is 1. The zero-order chi connectivity index (χ0) is 25.9. The van der Waals surface area contributed by atoms with Gasteiger partial charge in [-0.2, -0.15) is 0 Å². The van der Waals surface area contributed by atoms with Crippen LogP contribution in [-0.2, 0) is 21.5 Å². The van der Waals surface area contributed by atoms with Crippen molar-refractivity contribution in [3.05, 3.63) is 70.0 Å². The summed E-state index contributed by atoms with van der Waals surface area (Å²) in [6.45, 7) is 0. The van der Waals surface area contributed by atoms with Crippen molar-refractivity contribution in [3.8, 4) is 0 Å². The lowest BCUT2D eigenvalue weighted by atomic mass is 9.58. The Labute approximate surface area is 219 Å². The average molecular weight is 559 g/mol. The molecule has 2 amide bonds. The fourth-order valence-corrected chi connectivity index (χ4v) is 7.09. The Balaban J connectivity index is 1.67. The molecular formula is C26H23BrN8O2. The van der Waals surface area contributed by atoms with E-state index in [0.29, 0.717) is 5.69 Å². The average Bonchev–Trinajstić information content (AvgIpc) is 3.57. The lowest BCUT2D eigenvalue weighted by Gasteiger charge is -2.49. The molecule has 0 unspecified atom stereocenters. The second-order valence-electron chi connectivity index (χ2n) is 9.96. The van der Waals surface area contributed by atoms with E-state index in [-0.39, 0.29) is 30.2 Å². The molecule has 1 aliphatic carbocycles. The predicted molar refractivity (Wildman–Crippen MR) is 143 cm³/mol. The summed E-state index contributed by atoms with van der Waals surface area (Å²) in [5.41, 5.74) is 7.21. The van der Waals surface area contributed by atoms with Gasteiger partial charge in [0.05, 0.1) is 11.6 Å². The van der Waals surface area contributed by atoms with Crippen molar-refractivity contribution in [3.63, 3.8) is 0 Å². The van der Waals surface area contributed by atoms with E-state index >= 15 is 0 Å². The highest BCUT2D eigenvalue weighted by atomic mass is 79.9. The first-order chi connectivity index (χ1) is 17.7. The van der Waals surface area contributed by atoms with E-state index in [2.05, 4.69) is 31.2 Å². The zero-order valence-corrected chi connectivity index (χ0v) is 21.6. The third-order valence-corrected chi connectivity index (χ3v) is 8.77. The number of fused-ring (bicyclic) bond motifs is 5.